The number of nitrogens with zero attached hydrogens (tertiary/aromatic N) is 5. The molecule has 7 nitrogen and oxygen atoms in total. The first-order valence-corrected chi connectivity index (χ1v) is 9.55. The summed E-state index contributed by atoms with van der Waals surface area (Å²) in [4.78, 5) is 21.0. The van der Waals surface area contributed by atoms with E-state index in [0.29, 0.717) is 11.6 Å². The first-order chi connectivity index (χ1) is 12.7. The van der Waals surface area contributed by atoms with E-state index < -0.39 is 0 Å². The Morgan fingerprint density at radius 1 is 1.26 bits per heavy atom. The van der Waals surface area contributed by atoms with Crippen molar-refractivity contribution in [3.63, 3.8) is 0 Å². The second-order valence-corrected chi connectivity index (χ2v) is 8.30. The van der Waals surface area contributed by atoms with Gasteiger partial charge < -0.3 is 10.2 Å². The van der Waals surface area contributed by atoms with E-state index in [9.17, 15) is 4.79 Å². The molecule has 1 amide bonds. The van der Waals surface area contributed by atoms with Crippen LogP contribution in [0.2, 0.25) is 5.02 Å². The summed E-state index contributed by atoms with van der Waals surface area (Å²) in [5, 5.41) is 8.17. The number of aryl methyl sites for hydroxylation is 1. The summed E-state index contributed by atoms with van der Waals surface area (Å²) in [5.74, 6) is 0.725. The smallest absolute Gasteiger partial charge is 0.239 e. The number of amides is 1. The van der Waals surface area contributed by atoms with Crippen LogP contribution in [-0.4, -0.2) is 58.3 Å². The van der Waals surface area contributed by atoms with Crippen LogP contribution in [0.1, 0.15) is 26.5 Å². The highest BCUT2D eigenvalue weighted by Crippen LogP contribution is 2.25. The van der Waals surface area contributed by atoms with Crippen molar-refractivity contribution in [2.75, 3.05) is 42.9 Å². The van der Waals surface area contributed by atoms with Gasteiger partial charge in [0.25, 0.3) is 0 Å². The Kier molecular flexibility index (Phi) is 5.72. The molecule has 1 saturated heterocycles. The predicted octanol–water partition coefficient (Wildman–Crippen LogP) is 2.76. The Labute approximate surface area is 165 Å². The summed E-state index contributed by atoms with van der Waals surface area (Å²) in [6, 6.07) is 3.84. The number of carbonyl (C=O) groups excluding carboxylic acids is 1. The van der Waals surface area contributed by atoms with Crippen LogP contribution >= 0.6 is 11.6 Å². The summed E-state index contributed by atoms with van der Waals surface area (Å²) >= 11 is 6.23. The molecular weight excluding hydrogens is 364 g/mol. The van der Waals surface area contributed by atoms with Crippen molar-refractivity contribution in [2.45, 2.75) is 33.2 Å². The largest absolute Gasteiger partial charge is 0.368 e. The summed E-state index contributed by atoms with van der Waals surface area (Å²) in [5.41, 5.74) is 1.70. The topological polar surface area (TPSA) is 66.3 Å². The van der Waals surface area contributed by atoms with Crippen LogP contribution < -0.4 is 10.2 Å². The molecule has 0 atom stereocenters. The lowest BCUT2D eigenvalue weighted by Crippen LogP contribution is -2.48. The van der Waals surface area contributed by atoms with Gasteiger partial charge in [0.1, 0.15) is 5.82 Å². The zero-order valence-corrected chi connectivity index (χ0v) is 17.1. The maximum absolute atomic E-state index is 12.5. The maximum atomic E-state index is 12.5. The van der Waals surface area contributed by atoms with E-state index in [1.165, 1.54) is 0 Å². The zero-order valence-electron chi connectivity index (χ0n) is 16.4. The molecule has 0 aliphatic carbocycles. The average Bonchev–Trinajstić information content (AvgIpc) is 2.97. The monoisotopic (exact) mass is 390 g/mol. The van der Waals surface area contributed by atoms with Crippen LogP contribution in [0.4, 0.5) is 11.5 Å². The molecule has 1 N–H and O–H groups in total. The molecule has 8 heteroatoms. The van der Waals surface area contributed by atoms with Gasteiger partial charge in [-0.25, -0.2) is 4.68 Å². The highest BCUT2D eigenvalue weighted by molar-refractivity contribution is 6.33. The quantitative estimate of drug-likeness (QED) is 0.869. The predicted molar refractivity (Wildman–Crippen MR) is 108 cm³/mol. The van der Waals surface area contributed by atoms with Crippen LogP contribution in [0.5, 0.6) is 0 Å². The van der Waals surface area contributed by atoms with Crippen molar-refractivity contribution >= 4 is 29.0 Å². The van der Waals surface area contributed by atoms with Gasteiger partial charge >= 0.3 is 0 Å². The number of piperazine rings is 1. The highest BCUT2D eigenvalue weighted by atomic mass is 35.5. The molecule has 0 spiro atoms. The average molecular weight is 391 g/mol. The third-order valence-corrected chi connectivity index (χ3v) is 4.86. The minimum absolute atomic E-state index is 0.0178. The van der Waals surface area contributed by atoms with E-state index in [4.69, 9.17) is 11.6 Å². The van der Waals surface area contributed by atoms with E-state index in [1.807, 2.05) is 23.7 Å². The van der Waals surface area contributed by atoms with Gasteiger partial charge in [0.15, 0.2) is 0 Å². The van der Waals surface area contributed by atoms with Crippen molar-refractivity contribution in [3.05, 3.63) is 35.2 Å². The molecule has 146 valence electrons. The summed E-state index contributed by atoms with van der Waals surface area (Å²) in [6.07, 6.45) is 3.42. The summed E-state index contributed by atoms with van der Waals surface area (Å²) in [6.45, 7) is 11.8. The molecule has 0 radical (unpaired) electrons. The number of nitrogens with one attached hydrogen (secondary N) is 1. The second-order valence-electron chi connectivity index (χ2n) is 7.89. The second kappa shape index (κ2) is 7.86. The number of rotatable bonds is 4. The fourth-order valence-corrected chi connectivity index (χ4v) is 3.50. The van der Waals surface area contributed by atoms with Crippen molar-refractivity contribution in [3.8, 4) is 0 Å². The van der Waals surface area contributed by atoms with Crippen molar-refractivity contribution in [1.82, 2.24) is 19.7 Å². The van der Waals surface area contributed by atoms with E-state index in [0.717, 1.165) is 43.4 Å². The molecule has 3 rings (SSSR count). The van der Waals surface area contributed by atoms with Crippen LogP contribution in [0.25, 0.3) is 0 Å². The van der Waals surface area contributed by atoms with Gasteiger partial charge in [-0.2, -0.15) is 5.10 Å². The lowest BCUT2D eigenvalue weighted by molar-refractivity contribution is -0.117. The molecule has 1 aliphatic heterocycles. The number of anilines is 2. The van der Waals surface area contributed by atoms with Crippen LogP contribution in [0.3, 0.4) is 0 Å². The molecule has 1 fully saturated rings. The molecule has 0 bridgehead atoms. The van der Waals surface area contributed by atoms with Gasteiger partial charge in [0.05, 0.1) is 28.5 Å². The fourth-order valence-electron chi connectivity index (χ4n) is 3.26. The van der Waals surface area contributed by atoms with Gasteiger partial charge in [-0.3, -0.25) is 14.7 Å². The van der Waals surface area contributed by atoms with Gasteiger partial charge in [-0.15, -0.1) is 0 Å². The number of halogens is 1. The molecule has 0 aromatic carbocycles. The molecule has 2 aromatic rings. The van der Waals surface area contributed by atoms with Gasteiger partial charge in [0, 0.05) is 44.6 Å². The van der Waals surface area contributed by atoms with Gasteiger partial charge in [-0.1, -0.05) is 11.6 Å². The van der Waals surface area contributed by atoms with Gasteiger partial charge in [0.2, 0.25) is 5.91 Å². The number of hydrogen-bond acceptors (Lipinski definition) is 5. The van der Waals surface area contributed by atoms with Crippen molar-refractivity contribution in [1.29, 1.82) is 0 Å². The Hall–Kier alpha value is -2.12. The minimum Gasteiger partial charge on any atom is -0.368 e. The maximum Gasteiger partial charge on any atom is 0.239 e. The lowest BCUT2D eigenvalue weighted by Gasteiger charge is -2.36. The highest BCUT2D eigenvalue weighted by Gasteiger charge is 2.23. The number of aromatic nitrogens is 3. The summed E-state index contributed by atoms with van der Waals surface area (Å²) in [7, 11) is 0. The van der Waals surface area contributed by atoms with E-state index in [2.05, 4.69) is 46.0 Å². The Morgan fingerprint density at radius 2 is 1.96 bits per heavy atom. The van der Waals surface area contributed by atoms with Crippen LogP contribution in [0.15, 0.2) is 24.5 Å². The first kappa shape index (κ1) is 19.6. The van der Waals surface area contributed by atoms with E-state index in [1.54, 1.807) is 12.4 Å². The Bertz CT molecular complexity index is 805. The third-order valence-electron chi connectivity index (χ3n) is 4.57. The van der Waals surface area contributed by atoms with Gasteiger partial charge in [-0.05, 0) is 33.8 Å². The number of carbonyl (C=O) groups is 1. The Morgan fingerprint density at radius 3 is 2.59 bits per heavy atom. The van der Waals surface area contributed by atoms with E-state index in [-0.39, 0.29) is 11.4 Å². The fraction of sp³-hybridized carbons (Fsp3) is 0.526. The number of pyridine rings is 1. The van der Waals surface area contributed by atoms with E-state index >= 15 is 0 Å². The molecule has 0 saturated carbocycles. The van der Waals surface area contributed by atoms with Crippen molar-refractivity contribution < 1.29 is 4.79 Å². The number of hydrogen-bond donors (Lipinski definition) is 1. The SMILES string of the molecule is Cc1cc(NC(=O)CN2CCN(c3ccncc3Cl)CC2)n(C(C)(C)C)n1. The van der Waals surface area contributed by atoms with Crippen LogP contribution in [0, 0.1) is 6.92 Å². The van der Waals surface area contributed by atoms with Crippen LogP contribution in [-0.2, 0) is 10.3 Å². The standard InChI is InChI=1S/C19H27ClN6O/c1-14-11-17(26(23-14)19(2,3)4)22-18(27)13-24-7-9-25(10-8-24)16-5-6-21-12-15(16)20/h5-6,11-12H,7-10,13H2,1-4H3,(H,22,27). The lowest BCUT2D eigenvalue weighted by atomic mass is 10.1. The molecular formula is C19H27ClN6O. The molecule has 1 aliphatic rings. The summed E-state index contributed by atoms with van der Waals surface area (Å²) < 4.78 is 1.86. The molecule has 27 heavy (non-hydrogen) atoms. The zero-order chi connectivity index (χ0) is 19.6. The third kappa shape index (κ3) is 4.78. The van der Waals surface area contributed by atoms with Crippen molar-refractivity contribution in [2.24, 2.45) is 0 Å². The minimum atomic E-state index is -0.188. The molecule has 0 unspecified atom stereocenters. The Balaban J connectivity index is 1.55. The molecule has 2 aromatic heterocycles. The normalized spacial score (nSPS) is 15.8. The molecule has 3 heterocycles. The first-order valence-electron chi connectivity index (χ1n) is 9.18.